The number of hydrogen-bond donors (Lipinski definition) is 1. The smallest absolute Gasteiger partial charge is 0.317 e. The molecule has 0 fully saturated rings. The number of halogens is 1. The van der Waals surface area contributed by atoms with Gasteiger partial charge in [-0.2, -0.15) is 9.78 Å². The molecule has 24 heavy (non-hydrogen) atoms. The number of hydrogen-bond acceptors (Lipinski definition) is 7. The zero-order valence-corrected chi connectivity index (χ0v) is 15.7. The van der Waals surface area contributed by atoms with E-state index in [0.29, 0.717) is 12.8 Å². The molecule has 0 atom stereocenters. The second kappa shape index (κ2) is 20.2. The van der Waals surface area contributed by atoms with Crippen molar-refractivity contribution < 1.29 is 29.1 Å². The van der Waals surface area contributed by atoms with Crippen LogP contribution in [-0.4, -0.2) is 39.2 Å². The number of carbonyl (C=O) groups excluding carboxylic acids is 2. The van der Waals surface area contributed by atoms with Crippen molar-refractivity contribution in [3.8, 4) is 0 Å². The van der Waals surface area contributed by atoms with Crippen LogP contribution >= 0.6 is 12.4 Å². The second-order valence-corrected chi connectivity index (χ2v) is 5.32. The SMILES string of the molecule is COOC(=O)CCCCCCNCCCCCCC(=O)OOC.Cl. The minimum absolute atomic E-state index is 0. The monoisotopic (exact) mass is 369 g/mol. The van der Waals surface area contributed by atoms with Gasteiger partial charge in [0, 0.05) is 12.8 Å². The van der Waals surface area contributed by atoms with E-state index in [1.165, 1.54) is 14.2 Å². The molecule has 0 aliphatic carbocycles. The van der Waals surface area contributed by atoms with E-state index in [0.717, 1.165) is 64.5 Å². The van der Waals surface area contributed by atoms with Crippen LogP contribution in [0.3, 0.4) is 0 Å². The van der Waals surface area contributed by atoms with Crippen LogP contribution in [-0.2, 0) is 29.1 Å². The Labute approximate surface area is 151 Å². The highest BCUT2D eigenvalue weighted by atomic mass is 35.5. The summed E-state index contributed by atoms with van der Waals surface area (Å²) in [5.74, 6) is -0.609. The van der Waals surface area contributed by atoms with Crippen LogP contribution in [0, 0.1) is 0 Å². The molecule has 7 nitrogen and oxygen atoms in total. The van der Waals surface area contributed by atoms with E-state index in [9.17, 15) is 9.59 Å². The Kier molecular flexibility index (Phi) is 21.3. The predicted molar refractivity (Wildman–Crippen MR) is 92.5 cm³/mol. The number of unbranched alkanes of at least 4 members (excludes halogenated alkanes) is 6. The molecule has 0 aromatic carbocycles. The molecule has 0 aromatic heterocycles. The fraction of sp³-hybridized carbons (Fsp3) is 0.875. The molecule has 144 valence electrons. The second-order valence-electron chi connectivity index (χ2n) is 5.32. The molecule has 0 heterocycles. The van der Waals surface area contributed by atoms with E-state index in [1.807, 2.05) is 0 Å². The summed E-state index contributed by atoms with van der Waals surface area (Å²) in [6, 6.07) is 0. The molecule has 0 aliphatic rings. The lowest BCUT2D eigenvalue weighted by Gasteiger charge is -2.05. The summed E-state index contributed by atoms with van der Waals surface area (Å²) < 4.78 is 0. The average molecular weight is 370 g/mol. The largest absolute Gasteiger partial charge is 0.342 e. The first-order chi connectivity index (χ1) is 11.2. The summed E-state index contributed by atoms with van der Waals surface area (Å²) in [4.78, 5) is 39.4. The van der Waals surface area contributed by atoms with Crippen LogP contribution in [0.4, 0.5) is 0 Å². The van der Waals surface area contributed by atoms with Gasteiger partial charge in [-0.25, -0.2) is 9.59 Å². The Balaban J connectivity index is 0. The minimum atomic E-state index is -0.305. The summed E-state index contributed by atoms with van der Waals surface area (Å²) in [6.07, 6.45) is 9.00. The summed E-state index contributed by atoms with van der Waals surface area (Å²) in [5.41, 5.74) is 0. The van der Waals surface area contributed by atoms with Gasteiger partial charge in [-0.05, 0) is 38.8 Å². The van der Waals surface area contributed by atoms with Gasteiger partial charge in [0.1, 0.15) is 0 Å². The van der Waals surface area contributed by atoms with Gasteiger partial charge in [0.2, 0.25) is 0 Å². The summed E-state index contributed by atoms with van der Waals surface area (Å²) >= 11 is 0. The van der Waals surface area contributed by atoms with Crippen LogP contribution in [0.25, 0.3) is 0 Å². The highest BCUT2D eigenvalue weighted by Crippen LogP contribution is 2.05. The molecule has 0 saturated heterocycles. The van der Waals surface area contributed by atoms with Crippen molar-refractivity contribution in [2.24, 2.45) is 0 Å². The maximum Gasteiger partial charge on any atom is 0.342 e. The summed E-state index contributed by atoms with van der Waals surface area (Å²) in [7, 11) is 2.66. The van der Waals surface area contributed by atoms with Crippen LogP contribution in [0.1, 0.15) is 64.2 Å². The minimum Gasteiger partial charge on any atom is -0.317 e. The Hall–Kier alpha value is -0.890. The lowest BCUT2D eigenvalue weighted by Crippen LogP contribution is -2.16. The zero-order valence-electron chi connectivity index (χ0n) is 14.8. The quantitative estimate of drug-likeness (QED) is 0.254. The van der Waals surface area contributed by atoms with Crippen LogP contribution in [0.15, 0.2) is 0 Å². The number of nitrogens with one attached hydrogen (secondary N) is 1. The fourth-order valence-electron chi connectivity index (χ4n) is 2.14. The normalized spacial score (nSPS) is 10.1. The van der Waals surface area contributed by atoms with Crippen molar-refractivity contribution in [2.75, 3.05) is 27.3 Å². The molecule has 0 aromatic rings. The van der Waals surface area contributed by atoms with Gasteiger partial charge in [0.05, 0.1) is 14.2 Å². The molecule has 0 spiro atoms. The lowest BCUT2D eigenvalue weighted by molar-refractivity contribution is -0.255. The third-order valence-corrected chi connectivity index (χ3v) is 3.32. The van der Waals surface area contributed by atoms with Crippen molar-refractivity contribution in [1.29, 1.82) is 0 Å². The molecule has 0 rings (SSSR count). The fourth-order valence-corrected chi connectivity index (χ4v) is 2.14. The van der Waals surface area contributed by atoms with Crippen molar-refractivity contribution in [3.05, 3.63) is 0 Å². The van der Waals surface area contributed by atoms with E-state index in [-0.39, 0.29) is 24.3 Å². The highest BCUT2D eigenvalue weighted by molar-refractivity contribution is 5.85. The number of carbonyl (C=O) groups is 2. The van der Waals surface area contributed by atoms with E-state index >= 15 is 0 Å². The maximum atomic E-state index is 11.0. The zero-order chi connectivity index (χ0) is 17.2. The molecule has 0 unspecified atom stereocenters. The third kappa shape index (κ3) is 19.2. The van der Waals surface area contributed by atoms with Crippen molar-refractivity contribution in [2.45, 2.75) is 64.2 Å². The van der Waals surface area contributed by atoms with Gasteiger partial charge >= 0.3 is 11.9 Å². The van der Waals surface area contributed by atoms with Gasteiger partial charge in [-0.1, -0.05) is 25.7 Å². The third-order valence-electron chi connectivity index (χ3n) is 3.32. The molecular weight excluding hydrogens is 338 g/mol. The van der Waals surface area contributed by atoms with Gasteiger partial charge in [-0.15, -0.1) is 12.4 Å². The van der Waals surface area contributed by atoms with Gasteiger partial charge < -0.3 is 5.32 Å². The molecule has 0 saturated carbocycles. The molecule has 0 radical (unpaired) electrons. The Bertz CT molecular complexity index is 276. The number of rotatable bonds is 16. The lowest BCUT2D eigenvalue weighted by atomic mass is 10.1. The van der Waals surface area contributed by atoms with Crippen molar-refractivity contribution >= 4 is 24.3 Å². The van der Waals surface area contributed by atoms with Crippen LogP contribution < -0.4 is 5.32 Å². The summed E-state index contributed by atoms with van der Waals surface area (Å²) in [6.45, 7) is 2.01. The van der Waals surface area contributed by atoms with E-state index in [2.05, 4.69) is 24.9 Å². The Morgan fingerprint density at radius 1 is 0.667 bits per heavy atom. The molecule has 0 bridgehead atoms. The first-order valence-corrected chi connectivity index (χ1v) is 8.38. The molecule has 8 heteroatoms. The van der Waals surface area contributed by atoms with E-state index < -0.39 is 0 Å². The van der Waals surface area contributed by atoms with Gasteiger partial charge in [-0.3, -0.25) is 9.78 Å². The Morgan fingerprint density at radius 3 is 1.42 bits per heavy atom. The summed E-state index contributed by atoms with van der Waals surface area (Å²) in [5, 5.41) is 3.40. The highest BCUT2D eigenvalue weighted by Gasteiger charge is 2.03. The van der Waals surface area contributed by atoms with Gasteiger partial charge in [0.25, 0.3) is 0 Å². The maximum absolute atomic E-state index is 11.0. The molecule has 0 amide bonds. The molecule has 0 aliphatic heterocycles. The first-order valence-electron chi connectivity index (χ1n) is 8.38. The molecular formula is C16H32ClNO6. The standard InChI is InChI=1S/C16H31NO6.ClH/c1-20-22-15(18)11-7-3-5-9-13-17-14-10-6-4-8-12-16(19)23-21-2;/h17H,3-14H2,1-2H3;1H. The van der Waals surface area contributed by atoms with Crippen molar-refractivity contribution in [1.82, 2.24) is 5.32 Å². The van der Waals surface area contributed by atoms with Gasteiger partial charge in [0.15, 0.2) is 0 Å². The van der Waals surface area contributed by atoms with E-state index in [1.54, 1.807) is 0 Å². The first kappa shape index (κ1) is 25.4. The predicted octanol–water partition coefficient (Wildman–Crippen LogP) is 3.11. The Morgan fingerprint density at radius 2 is 1.04 bits per heavy atom. The average Bonchev–Trinajstić information content (AvgIpc) is 2.52. The van der Waals surface area contributed by atoms with Crippen molar-refractivity contribution in [3.63, 3.8) is 0 Å². The van der Waals surface area contributed by atoms with E-state index in [4.69, 9.17) is 0 Å². The van der Waals surface area contributed by atoms with Crippen LogP contribution in [0.5, 0.6) is 0 Å². The topological polar surface area (TPSA) is 83.1 Å². The molecule has 1 N–H and O–H groups in total. The van der Waals surface area contributed by atoms with Crippen LogP contribution in [0.2, 0.25) is 0 Å².